The van der Waals surface area contributed by atoms with Gasteiger partial charge in [-0.1, -0.05) is 0 Å². The third kappa shape index (κ3) is 0.733. The van der Waals surface area contributed by atoms with E-state index < -0.39 is 0 Å². The Hall–Kier alpha value is -0.830. The molecule has 1 aliphatic rings. The molecule has 9 heavy (non-hydrogen) atoms. The van der Waals surface area contributed by atoms with Gasteiger partial charge in [0, 0.05) is 17.0 Å². The fraction of sp³-hybridized carbons (Fsp3) is 0.167. The minimum absolute atomic E-state index is 0.865. The van der Waals surface area contributed by atoms with Crippen molar-refractivity contribution < 1.29 is 0 Å². The summed E-state index contributed by atoms with van der Waals surface area (Å²) in [5.74, 6) is 0. The Kier molecular flexibility index (Phi) is 1.02. The zero-order valence-electron chi connectivity index (χ0n) is 4.79. The predicted octanol–water partition coefficient (Wildman–Crippen LogP) is 1.88. The summed E-state index contributed by atoms with van der Waals surface area (Å²) in [6.45, 7) is 0.865. The van der Waals surface area contributed by atoms with Crippen LogP contribution in [0.5, 0.6) is 0 Å². The Labute approximate surface area is 57.2 Å². The third-order valence-corrected chi connectivity index (χ3v) is 1.99. The maximum Gasteiger partial charge on any atom is 0.0964 e. The highest BCUT2D eigenvalue weighted by Crippen LogP contribution is 2.30. The van der Waals surface area contributed by atoms with Gasteiger partial charge in [0.1, 0.15) is 0 Å². The van der Waals surface area contributed by atoms with E-state index in [0.717, 1.165) is 12.2 Å². The van der Waals surface area contributed by atoms with Gasteiger partial charge in [-0.15, -0.1) is 11.3 Å². The molecular formula is C6H6N2S. The fourth-order valence-electron chi connectivity index (χ4n) is 0.822. The van der Waals surface area contributed by atoms with Crippen LogP contribution >= 0.6 is 11.3 Å². The number of rotatable bonds is 0. The van der Waals surface area contributed by atoms with Crippen LogP contribution in [0.4, 0.5) is 11.4 Å². The van der Waals surface area contributed by atoms with Gasteiger partial charge >= 0.3 is 0 Å². The molecule has 0 bridgehead atoms. The molecule has 2 rings (SSSR count). The number of thiophene rings is 1. The summed E-state index contributed by atoms with van der Waals surface area (Å²) in [5, 5.41) is 7.32. The quantitative estimate of drug-likeness (QED) is 0.581. The fourth-order valence-corrected chi connectivity index (χ4v) is 1.55. The lowest BCUT2D eigenvalue weighted by molar-refractivity contribution is 1.36. The van der Waals surface area contributed by atoms with Crippen molar-refractivity contribution in [3.05, 3.63) is 10.8 Å². The van der Waals surface area contributed by atoms with E-state index in [1.54, 1.807) is 11.3 Å². The summed E-state index contributed by atoms with van der Waals surface area (Å²) in [7, 11) is 0. The lowest BCUT2D eigenvalue weighted by atomic mass is 10.4. The average Bonchev–Trinajstić information content (AvgIpc) is 2.33. The number of fused-ring (bicyclic) bond motifs is 1. The van der Waals surface area contributed by atoms with E-state index in [2.05, 4.69) is 15.7 Å². The molecule has 0 atom stereocenters. The number of hydrogen-bond acceptors (Lipinski definition) is 3. The van der Waals surface area contributed by atoms with Gasteiger partial charge in [-0.05, 0) is 0 Å². The Bertz CT molecular complexity index is 239. The van der Waals surface area contributed by atoms with Crippen molar-refractivity contribution in [3.8, 4) is 0 Å². The Balaban J connectivity index is 2.53. The van der Waals surface area contributed by atoms with E-state index in [1.165, 1.54) is 5.69 Å². The molecule has 0 spiro atoms. The number of anilines is 1. The molecule has 1 aromatic rings. The molecule has 3 heteroatoms. The van der Waals surface area contributed by atoms with Gasteiger partial charge in [-0.3, -0.25) is 4.99 Å². The minimum atomic E-state index is 0.865. The van der Waals surface area contributed by atoms with Gasteiger partial charge in [-0.25, -0.2) is 0 Å². The van der Waals surface area contributed by atoms with Crippen LogP contribution in [0.15, 0.2) is 15.8 Å². The van der Waals surface area contributed by atoms with E-state index in [1.807, 2.05) is 11.6 Å². The standard InChI is InChI=1S/C6H6N2S/c1-2-8-6-4-9-3-5(6)7-1/h1,3-4,8H,2H2. The molecular weight excluding hydrogens is 132 g/mol. The summed E-state index contributed by atoms with van der Waals surface area (Å²) in [4.78, 5) is 4.18. The van der Waals surface area contributed by atoms with Crippen molar-refractivity contribution in [3.63, 3.8) is 0 Å². The molecule has 1 aliphatic heterocycles. The van der Waals surface area contributed by atoms with Crippen LogP contribution in [0.3, 0.4) is 0 Å². The highest BCUT2D eigenvalue weighted by molar-refractivity contribution is 7.08. The molecule has 0 amide bonds. The molecule has 0 fully saturated rings. The zero-order valence-corrected chi connectivity index (χ0v) is 5.61. The van der Waals surface area contributed by atoms with Crippen molar-refractivity contribution in [1.29, 1.82) is 0 Å². The summed E-state index contributed by atoms with van der Waals surface area (Å²) in [5.41, 5.74) is 2.24. The summed E-state index contributed by atoms with van der Waals surface area (Å²) in [6.07, 6.45) is 1.88. The first-order valence-corrected chi connectivity index (χ1v) is 3.74. The van der Waals surface area contributed by atoms with E-state index in [0.29, 0.717) is 0 Å². The highest BCUT2D eigenvalue weighted by Gasteiger charge is 2.02. The first-order chi connectivity index (χ1) is 4.47. The molecule has 0 unspecified atom stereocenters. The van der Waals surface area contributed by atoms with Crippen LogP contribution in [0.25, 0.3) is 0 Å². The van der Waals surface area contributed by atoms with Crippen LogP contribution in [0.1, 0.15) is 0 Å². The predicted molar refractivity (Wildman–Crippen MR) is 41.0 cm³/mol. The number of aliphatic imine (C=N–C) groups is 1. The first kappa shape index (κ1) is 4.99. The van der Waals surface area contributed by atoms with Gasteiger partial charge in [0.05, 0.1) is 17.9 Å². The van der Waals surface area contributed by atoms with Crippen molar-refractivity contribution in [2.45, 2.75) is 0 Å². The third-order valence-electron chi connectivity index (χ3n) is 1.26. The Morgan fingerprint density at radius 3 is 3.44 bits per heavy atom. The largest absolute Gasteiger partial charge is 0.378 e. The van der Waals surface area contributed by atoms with Crippen LogP contribution < -0.4 is 5.32 Å². The lowest BCUT2D eigenvalue weighted by Crippen LogP contribution is -2.04. The van der Waals surface area contributed by atoms with Crippen molar-refractivity contribution in [2.24, 2.45) is 4.99 Å². The van der Waals surface area contributed by atoms with Crippen LogP contribution in [-0.4, -0.2) is 12.8 Å². The number of nitrogens with zero attached hydrogens (tertiary/aromatic N) is 1. The molecule has 1 N–H and O–H groups in total. The minimum Gasteiger partial charge on any atom is -0.378 e. The Morgan fingerprint density at radius 2 is 2.56 bits per heavy atom. The zero-order chi connectivity index (χ0) is 6.10. The SMILES string of the molecule is C1=Nc2cscc2NC1. The van der Waals surface area contributed by atoms with Crippen molar-refractivity contribution >= 4 is 28.9 Å². The van der Waals surface area contributed by atoms with E-state index in [9.17, 15) is 0 Å². The maximum absolute atomic E-state index is 4.18. The van der Waals surface area contributed by atoms with Gasteiger partial charge in [0.15, 0.2) is 0 Å². The van der Waals surface area contributed by atoms with E-state index in [-0.39, 0.29) is 0 Å². The van der Waals surface area contributed by atoms with Gasteiger partial charge in [0.25, 0.3) is 0 Å². The second-order valence-corrected chi connectivity index (χ2v) is 2.61. The van der Waals surface area contributed by atoms with Crippen molar-refractivity contribution in [2.75, 3.05) is 11.9 Å². The first-order valence-electron chi connectivity index (χ1n) is 2.79. The molecule has 0 saturated heterocycles. The molecule has 0 aliphatic carbocycles. The maximum atomic E-state index is 4.18. The topological polar surface area (TPSA) is 24.4 Å². The number of nitrogens with one attached hydrogen (secondary N) is 1. The summed E-state index contributed by atoms with van der Waals surface area (Å²) >= 11 is 1.68. The Morgan fingerprint density at radius 1 is 1.56 bits per heavy atom. The molecule has 1 aromatic heterocycles. The van der Waals surface area contributed by atoms with Crippen LogP contribution in [0.2, 0.25) is 0 Å². The average molecular weight is 138 g/mol. The van der Waals surface area contributed by atoms with E-state index >= 15 is 0 Å². The van der Waals surface area contributed by atoms with Crippen LogP contribution in [-0.2, 0) is 0 Å². The monoisotopic (exact) mass is 138 g/mol. The van der Waals surface area contributed by atoms with Gasteiger partial charge in [0.2, 0.25) is 0 Å². The summed E-state index contributed by atoms with van der Waals surface area (Å²) in [6, 6.07) is 0. The molecule has 0 aromatic carbocycles. The molecule has 2 heterocycles. The second kappa shape index (κ2) is 1.84. The molecule has 0 radical (unpaired) electrons. The van der Waals surface area contributed by atoms with E-state index in [4.69, 9.17) is 0 Å². The summed E-state index contributed by atoms with van der Waals surface area (Å²) < 4.78 is 0. The highest BCUT2D eigenvalue weighted by atomic mass is 32.1. The normalized spacial score (nSPS) is 14.7. The van der Waals surface area contributed by atoms with Crippen molar-refractivity contribution in [1.82, 2.24) is 0 Å². The van der Waals surface area contributed by atoms with Gasteiger partial charge < -0.3 is 5.32 Å². The smallest absolute Gasteiger partial charge is 0.0964 e. The number of hydrogen-bond donors (Lipinski definition) is 1. The van der Waals surface area contributed by atoms with Crippen LogP contribution in [0, 0.1) is 0 Å². The van der Waals surface area contributed by atoms with Gasteiger partial charge in [-0.2, -0.15) is 0 Å². The lowest BCUT2D eigenvalue weighted by Gasteiger charge is -2.05. The molecule has 2 nitrogen and oxygen atoms in total. The molecule has 46 valence electrons. The molecule has 0 saturated carbocycles. The second-order valence-electron chi connectivity index (χ2n) is 1.86.